The van der Waals surface area contributed by atoms with Gasteiger partial charge in [0, 0.05) is 0 Å². The maximum absolute atomic E-state index is 5.70. The Labute approximate surface area is 84.3 Å². The van der Waals surface area contributed by atoms with Gasteiger partial charge in [-0.05, 0) is 37.2 Å². The fourth-order valence-electron chi connectivity index (χ4n) is 1.35. The van der Waals surface area contributed by atoms with Crippen molar-refractivity contribution >= 4 is 11.6 Å². The molecule has 0 amide bonds. The third kappa shape index (κ3) is 3.05. The molecule has 1 aromatic heterocycles. The Morgan fingerprint density at radius 2 is 2.31 bits per heavy atom. The van der Waals surface area contributed by atoms with E-state index in [0.29, 0.717) is 11.3 Å². The lowest BCUT2D eigenvalue weighted by molar-refractivity contribution is 0.407. The van der Waals surface area contributed by atoms with Crippen molar-refractivity contribution in [3.05, 3.63) is 23.1 Å². The highest BCUT2D eigenvalue weighted by atomic mass is 35.5. The van der Waals surface area contributed by atoms with E-state index in [1.54, 1.807) is 6.07 Å². The van der Waals surface area contributed by atoms with E-state index in [1.807, 2.05) is 13.1 Å². The van der Waals surface area contributed by atoms with E-state index >= 15 is 0 Å². The molecule has 2 nitrogen and oxygen atoms in total. The van der Waals surface area contributed by atoms with E-state index in [2.05, 4.69) is 12.2 Å². The summed E-state index contributed by atoms with van der Waals surface area (Å²) in [5.41, 5.74) is 0. The average Bonchev–Trinajstić information content (AvgIpc) is 2.54. The van der Waals surface area contributed by atoms with Crippen LogP contribution in [0.2, 0.25) is 5.22 Å². The molecule has 1 N–H and O–H groups in total. The summed E-state index contributed by atoms with van der Waals surface area (Å²) < 4.78 is 5.34. The molecule has 1 atom stereocenters. The molecule has 0 aliphatic heterocycles. The number of hydrogen-bond donors (Lipinski definition) is 1. The first kappa shape index (κ1) is 10.6. The monoisotopic (exact) mass is 201 g/mol. The van der Waals surface area contributed by atoms with Crippen molar-refractivity contribution in [1.82, 2.24) is 5.32 Å². The summed E-state index contributed by atoms with van der Waals surface area (Å²) in [4.78, 5) is 0. The van der Waals surface area contributed by atoms with Gasteiger partial charge in [0.25, 0.3) is 0 Å². The van der Waals surface area contributed by atoms with Crippen LogP contribution in [0, 0.1) is 0 Å². The zero-order valence-electron chi connectivity index (χ0n) is 8.14. The van der Waals surface area contributed by atoms with Crippen molar-refractivity contribution in [2.75, 3.05) is 7.05 Å². The van der Waals surface area contributed by atoms with Gasteiger partial charge in [0.2, 0.25) is 0 Å². The van der Waals surface area contributed by atoms with Gasteiger partial charge >= 0.3 is 0 Å². The number of nitrogens with one attached hydrogen (secondary N) is 1. The molecular weight excluding hydrogens is 186 g/mol. The maximum Gasteiger partial charge on any atom is 0.193 e. The van der Waals surface area contributed by atoms with Crippen LogP contribution in [-0.2, 0) is 0 Å². The number of unbranched alkanes of at least 4 members (excludes halogenated alkanes) is 1. The Morgan fingerprint density at radius 1 is 1.54 bits per heavy atom. The number of rotatable bonds is 5. The Bertz CT molecular complexity index is 247. The summed E-state index contributed by atoms with van der Waals surface area (Å²) in [5, 5.41) is 3.68. The van der Waals surface area contributed by atoms with Gasteiger partial charge in [-0.2, -0.15) is 0 Å². The predicted octanol–water partition coefficient (Wildman–Crippen LogP) is 3.38. The molecule has 0 fully saturated rings. The summed E-state index contributed by atoms with van der Waals surface area (Å²) in [6.07, 6.45) is 3.49. The summed E-state index contributed by atoms with van der Waals surface area (Å²) in [5.74, 6) is 0.931. The molecule has 0 bridgehead atoms. The van der Waals surface area contributed by atoms with E-state index in [9.17, 15) is 0 Å². The molecule has 0 saturated carbocycles. The first-order valence-corrected chi connectivity index (χ1v) is 5.08. The number of halogens is 1. The van der Waals surface area contributed by atoms with Crippen molar-refractivity contribution in [3.63, 3.8) is 0 Å². The maximum atomic E-state index is 5.70. The van der Waals surface area contributed by atoms with Gasteiger partial charge in [-0.25, -0.2) is 0 Å². The Balaban J connectivity index is 2.56. The van der Waals surface area contributed by atoms with Crippen LogP contribution < -0.4 is 5.32 Å². The van der Waals surface area contributed by atoms with E-state index < -0.39 is 0 Å². The van der Waals surface area contributed by atoms with Crippen LogP contribution in [0.25, 0.3) is 0 Å². The largest absolute Gasteiger partial charge is 0.448 e. The molecule has 74 valence electrons. The highest BCUT2D eigenvalue weighted by Crippen LogP contribution is 2.23. The number of hydrogen-bond acceptors (Lipinski definition) is 2. The zero-order chi connectivity index (χ0) is 9.68. The summed E-state index contributed by atoms with van der Waals surface area (Å²) in [7, 11) is 1.94. The van der Waals surface area contributed by atoms with E-state index in [4.69, 9.17) is 16.0 Å². The van der Waals surface area contributed by atoms with Gasteiger partial charge < -0.3 is 9.73 Å². The lowest BCUT2D eigenvalue weighted by Gasteiger charge is -2.12. The van der Waals surface area contributed by atoms with Crippen LogP contribution in [0.5, 0.6) is 0 Å². The Hall–Kier alpha value is -0.470. The highest BCUT2D eigenvalue weighted by Gasteiger charge is 2.11. The SMILES string of the molecule is CCCCC(NC)c1ccc(Cl)o1. The fourth-order valence-corrected chi connectivity index (χ4v) is 1.50. The fraction of sp³-hybridized carbons (Fsp3) is 0.600. The summed E-state index contributed by atoms with van der Waals surface area (Å²) in [6.45, 7) is 2.18. The van der Waals surface area contributed by atoms with Gasteiger partial charge in [-0.15, -0.1) is 0 Å². The first-order chi connectivity index (χ1) is 6.27. The van der Waals surface area contributed by atoms with Crippen LogP contribution in [-0.4, -0.2) is 7.05 Å². The minimum Gasteiger partial charge on any atom is -0.448 e. The number of furan rings is 1. The van der Waals surface area contributed by atoms with Crippen molar-refractivity contribution < 1.29 is 4.42 Å². The zero-order valence-corrected chi connectivity index (χ0v) is 8.90. The molecule has 1 rings (SSSR count). The van der Waals surface area contributed by atoms with Crippen molar-refractivity contribution in [2.24, 2.45) is 0 Å². The van der Waals surface area contributed by atoms with Crippen molar-refractivity contribution in [2.45, 2.75) is 32.2 Å². The van der Waals surface area contributed by atoms with Gasteiger partial charge in [0.1, 0.15) is 5.76 Å². The molecule has 3 heteroatoms. The van der Waals surface area contributed by atoms with Gasteiger partial charge in [0.15, 0.2) is 5.22 Å². The van der Waals surface area contributed by atoms with E-state index in [0.717, 1.165) is 12.2 Å². The van der Waals surface area contributed by atoms with Crippen LogP contribution >= 0.6 is 11.6 Å². The molecular formula is C10H16ClNO. The van der Waals surface area contributed by atoms with Gasteiger partial charge in [-0.1, -0.05) is 19.8 Å². The molecule has 0 aromatic carbocycles. The molecule has 0 aliphatic rings. The Kier molecular flexibility index (Phi) is 4.33. The quantitative estimate of drug-likeness (QED) is 0.790. The molecule has 1 unspecified atom stereocenters. The first-order valence-electron chi connectivity index (χ1n) is 4.70. The molecule has 0 radical (unpaired) electrons. The van der Waals surface area contributed by atoms with Crippen LogP contribution in [0.1, 0.15) is 38.0 Å². The normalized spacial score (nSPS) is 13.2. The highest BCUT2D eigenvalue weighted by molar-refractivity contribution is 6.28. The van der Waals surface area contributed by atoms with Crippen LogP contribution in [0.3, 0.4) is 0 Å². The summed E-state index contributed by atoms with van der Waals surface area (Å²) in [6, 6.07) is 4.01. The topological polar surface area (TPSA) is 25.2 Å². The van der Waals surface area contributed by atoms with E-state index in [-0.39, 0.29) is 0 Å². The molecule has 13 heavy (non-hydrogen) atoms. The predicted molar refractivity (Wildman–Crippen MR) is 55.0 cm³/mol. The molecule has 1 aromatic rings. The lowest BCUT2D eigenvalue weighted by atomic mass is 10.1. The molecule has 0 aliphatic carbocycles. The van der Waals surface area contributed by atoms with Crippen LogP contribution in [0.15, 0.2) is 16.5 Å². The molecule has 1 heterocycles. The van der Waals surface area contributed by atoms with Gasteiger partial charge in [-0.3, -0.25) is 0 Å². The second-order valence-corrected chi connectivity index (χ2v) is 3.50. The lowest BCUT2D eigenvalue weighted by Crippen LogP contribution is -2.15. The minimum absolute atomic E-state index is 0.299. The third-order valence-corrected chi connectivity index (χ3v) is 2.34. The second-order valence-electron chi connectivity index (χ2n) is 3.13. The van der Waals surface area contributed by atoms with Crippen molar-refractivity contribution in [1.29, 1.82) is 0 Å². The van der Waals surface area contributed by atoms with Crippen LogP contribution in [0.4, 0.5) is 0 Å². The average molecular weight is 202 g/mol. The van der Waals surface area contributed by atoms with Gasteiger partial charge in [0.05, 0.1) is 6.04 Å². The van der Waals surface area contributed by atoms with E-state index in [1.165, 1.54) is 12.8 Å². The standard InChI is InChI=1S/C10H16ClNO/c1-3-4-5-8(12-2)9-6-7-10(11)13-9/h6-8,12H,3-5H2,1-2H3. The minimum atomic E-state index is 0.299. The smallest absolute Gasteiger partial charge is 0.193 e. The molecule has 0 saturated heterocycles. The summed E-state index contributed by atoms with van der Waals surface area (Å²) >= 11 is 5.70. The Morgan fingerprint density at radius 3 is 2.77 bits per heavy atom. The second kappa shape index (κ2) is 5.30. The third-order valence-electron chi connectivity index (χ3n) is 2.13. The van der Waals surface area contributed by atoms with Crippen molar-refractivity contribution in [3.8, 4) is 0 Å². The molecule has 0 spiro atoms.